The van der Waals surface area contributed by atoms with Gasteiger partial charge >= 0.3 is 0 Å². The molecule has 0 aliphatic carbocycles. The second-order valence-electron chi connectivity index (χ2n) is 17.9. The van der Waals surface area contributed by atoms with E-state index in [-0.39, 0.29) is 0 Å². The average molecular weight is 856 g/mol. The zero-order valence-corrected chi connectivity index (χ0v) is 37.4. The molecule has 0 aliphatic heterocycles. The van der Waals surface area contributed by atoms with Gasteiger partial charge in [0, 0.05) is 50.0 Å². The van der Waals surface area contributed by atoms with Crippen LogP contribution >= 0.6 is 0 Å². The maximum atomic E-state index is 2.44. The summed E-state index contributed by atoms with van der Waals surface area (Å²) in [6, 6.07) is 86.9. The number of aromatic nitrogens is 2. The van der Waals surface area contributed by atoms with Crippen LogP contribution in [0.25, 0.3) is 98.8 Å². The van der Waals surface area contributed by atoms with Crippen LogP contribution in [0.2, 0.25) is 0 Å². The fourth-order valence-corrected chi connectivity index (χ4v) is 10.7. The molecule has 0 amide bonds. The van der Waals surface area contributed by atoms with Crippen molar-refractivity contribution in [3.05, 3.63) is 248 Å². The van der Waals surface area contributed by atoms with E-state index in [0.29, 0.717) is 0 Å². The highest BCUT2D eigenvalue weighted by Crippen LogP contribution is 2.43. The standard InChI is InChI=1S/C64H45N3/c1-42-16-9-12-25-54(42)55-33-29-48-39-63-60(41-58(48)43(55)2)59-38-47(30-35-62(59)67(63)50-22-7-4-8-23-50)46-19-15-24-51(37-46)65(52-31-28-44-17-10-11-18-45(44)36-52)53-32-34-57-56-26-13-14-27-61(56)66(64(57)40-53)49-20-5-3-6-21-49/h3-41H,1-2H3. The first-order chi connectivity index (χ1) is 33.1. The number of anilines is 3. The van der Waals surface area contributed by atoms with E-state index in [4.69, 9.17) is 0 Å². The Labute approximate surface area is 389 Å². The van der Waals surface area contributed by atoms with Gasteiger partial charge in [-0.3, -0.25) is 0 Å². The molecule has 0 saturated carbocycles. The zero-order chi connectivity index (χ0) is 44.6. The lowest BCUT2D eigenvalue weighted by Crippen LogP contribution is -2.10. The van der Waals surface area contributed by atoms with Crippen LogP contribution in [0.5, 0.6) is 0 Å². The predicted octanol–water partition coefficient (Wildman–Crippen LogP) is 17.6. The molecule has 13 aromatic rings. The average Bonchev–Trinajstić information content (AvgIpc) is 3.88. The molecule has 3 nitrogen and oxygen atoms in total. The molecule has 0 fully saturated rings. The summed E-state index contributed by atoms with van der Waals surface area (Å²) in [5, 5.41) is 9.89. The predicted molar refractivity (Wildman–Crippen MR) is 285 cm³/mol. The first-order valence-electron chi connectivity index (χ1n) is 23.2. The van der Waals surface area contributed by atoms with E-state index in [2.05, 4.69) is 264 Å². The van der Waals surface area contributed by atoms with Crippen LogP contribution in [-0.2, 0) is 0 Å². The summed E-state index contributed by atoms with van der Waals surface area (Å²) in [6.07, 6.45) is 0. The summed E-state index contributed by atoms with van der Waals surface area (Å²) >= 11 is 0. The first-order valence-corrected chi connectivity index (χ1v) is 23.2. The fraction of sp³-hybridized carbons (Fsp3) is 0.0312. The van der Waals surface area contributed by atoms with E-state index in [0.717, 1.165) is 34.0 Å². The van der Waals surface area contributed by atoms with Crippen molar-refractivity contribution in [2.45, 2.75) is 13.8 Å². The highest BCUT2D eigenvalue weighted by atomic mass is 15.1. The van der Waals surface area contributed by atoms with Crippen molar-refractivity contribution in [3.63, 3.8) is 0 Å². The van der Waals surface area contributed by atoms with Crippen LogP contribution in [-0.4, -0.2) is 9.13 Å². The van der Waals surface area contributed by atoms with Crippen molar-refractivity contribution in [1.29, 1.82) is 0 Å². The molecule has 0 radical (unpaired) electrons. The molecule has 2 heterocycles. The lowest BCUT2D eigenvalue weighted by atomic mass is 9.92. The molecule has 0 saturated heterocycles. The highest BCUT2D eigenvalue weighted by Gasteiger charge is 2.20. The molecule has 0 N–H and O–H groups in total. The Kier molecular flexibility index (Phi) is 8.97. The van der Waals surface area contributed by atoms with Crippen molar-refractivity contribution in [3.8, 4) is 33.6 Å². The maximum Gasteiger partial charge on any atom is 0.0561 e. The van der Waals surface area contributed by atoms with Gasteiger partial charge in [0.1, 0.15) is 0 Å². The fourth-order valence-electron chi connectivity index (χ4n) is 10.7. The lowest BCUT2D eigenvalue weighted by Gasteiger charge is -2.27. The van der Waals surface area contributed by atoms with Crippen LogP contribution in [0.3, 0.4) is 0 Å². The summed E-state index contributed by atoms with van der Waals surface area (Å²) in [4.78, 5) is 2.42. The third kappa shape index (κ3) is 6.35. The minimum Gasteiger partial charge on any atom is -0.310 e. The molecule has 316 valence electrons. The zero-order valence-electron chi connectivity index (χ0n) is 37.4. The van der Waals surface area contributed by atoms with Gasteiger partial charge in [-0.05, 0) is 160 Å². The van der Waals surface area contributed by atoms with Crippen molar-refractivity contribution >= 4 is 82.2 Å². The van der Waals surface area contributed by atoms with E-state index in [1.165, 1.54) is 93.0 Å². The van der Waals surface area contributed by atoms with E-state index < -0.39 is 0 Å². The summed E-state index contributed by atoms with van der Waals surface area (Å²) in [7, 11) is 0. The molecular formula is C64H45N3. The highest BCUT2D eigenvalue weighted by molar-refractivity contribution is 6.16. The normalized spacial score (nSPS) is 11.7. The van der Waals surface area contributed by atoms with Crippen LogP contribution in [0.1, 0.15) is 11.1 Å². The SMILES string of the molecule is Cc1ccccc1-c1ccc2cc3c(cc2c1C)c1cc(-c2cccc(N(c4ccc5ccccc5c4)c4ccc5c6ccccc6n(-c6ccccc6)c5c4)c2)ccc1n3-c1ccccc1. The molecule has 0 atom stereocenters. The molecule has 0 aliphatic rings. The first kappa shape index (κ1) is 38.8. The topological polar surface area (TPSA) is 13.1 Å². The van der Waals surface area contributed by atoms with E-state index >= 15 is 0 Å². The Morgan fingerprint density at radius 3 is 1.70 bits per heavy atom. The third-order valence-corrected chi connectivity index (χ3v) is 14.0. The quantitative estimate of drug-likeness (QED) is 0.156. The van der Waals surface area contributed by atoms with E-state index in [9.17, 15) is 0 Å². The van der Waals surface area contributed by atoms with Gasteiger partial charge in [-0.15, -0.1) is 0 Å². The Balaban J connectivity index is 1.01. The minimum atomic E-state index is 1.09. The van der Waals surface area contributed by atoms with Crippen LogP contribution in [0.15, 0.2) is 237 Å². The molecule has 13 rings (SSSR count). The summed E-state index contributed by atoms with van der Waals surface area (Å²) in [5.74, 6) is 0. The summed E-state index contributed by atoms with van der Waals surface area (Å²) in [6.45, 7) is 4.49. The van der Waals surface area contributed by atoms with Crippen molar-refractivity contribution in [2.75, 3.05) is 4.90 Å². The van der Waals surface area contributed by atoms with Gasteiger partial charge in [0.25, 0.3) is 0 Å². The lowest BCUT2D eigenvalue weighted by molar-refractivity contribution is 1.18. The number of hydrogen-bond donors (Lipinski definition) is 0. The molecule has 2 aromatic heterocycles. The molecule has 67 heavy (non-hydrogen) atoms. The Hall–Kier alpha value is -8.66. The van der Waals surface area contributed by atoms with Gasteiger partial charge in [-0.2, -0.15) is 0 Å². The van der Waals surface area contributed by atoms with Crippen molar-refractivity contribution < 1.29 is 0 Å². The van der Waals surface area contributed by atoms with Gasteiger partial charge in [-0.25, -0.2) is 0 Å². The van der Waals surface area contributed by atoms with Gasteiger partial charge < -0.3 is 14.0 Å². The van der Waals surface area contributed by atoms with Gasteiger partial charge in [0.05, 0.1) is 22.1 Å². The number of aryl methyl sites for hydroxylation is 2. The number of benzene rings is 11. The minimum absolute atomic E-state index is 1.09. The largest absolute Gasteiger partial charge is 0.310 e. The smallest absolute Gasteiger partial charge is 0.0561 e. The van der Waals surface area contributed by atoms with E-state index in [1.807, 2.05) is 0 Å². The molecule has 0 bridgehead atoms. The summed E-state index contributed by atoms with van der Waals surface area (Å²) < 4.78 is 4.83. The Morgan fingerprint density at radius 2 is 0.896 bits per heavy atom. The van der Waals surface area contributed by atoms with Crippen molar-refractivity contribution in [1.82, 2.24) is 9.13 Å². The number of rotatable bonds is 7. The van der Waals surface area contributed by atoms with E-state index in [1.54, 1.807) is 0 Å². The Bertz CT molecular complexity index is 4060. The van der Waals surface area contributed by atoms with Crippen LogP contribution in [0.4, 0.5) is 17.1 Å². The molecular weight excluding hydrogens is 811 g/mol. The molecule has 11 aromatic carbocycles. The second-order valence-corrected chi connectivity index (χ2v) is 17.9. The number of hydrogen-bond acceptors (Lipinski definition) is 1. The molecule has 0 unspecified atom stereocenters. The van der Waals surface area contributed by atoms with Gasteiger partial charge in [0.2, 0.25) is 0 Å². The second kappa shape index (κ2) is 15.5. The Morgan fingerprint density at radius 1 is 0.299 bits per heavy atom. The maximum absolute atomic E-state index is 2.44. The monoisotopic (exact) mass is 855 g/mol. The number of fused-ring (bicyclic) bond motifs is 8. The third-order valence-electron chi connectivity index (χ3n) is 14.0. The summed E-state index contributed by atoms with van der Waals surface area (Å²) in [5.41, 5.74) is 17.8. The van der Waals surface area contributed by atoms with Crippen molar-refractivity contribution in [2.24, 2.45) is 0 Å². The van der Waals surface area contributed by atoms with Gasteiger partial charge in [-0.1, -0.05) is 146 Å². The van der Waals surface area contributed by atoms with Crippen LogP contribution in [0, 0.1) is 13.8 Å². The number of nitrogens with zero attached hydrogens (tertiary/aromatic N) is 3. The van der Waals surface area contributed by atoms with Crippen LogP contribution < -0.4 is 4.90 Å². The molecule has 0 spiro atoms. The number of para-hydroxylation sites is 3. The van der Waals surface area contributed by atoms with Gasteiger partial charge in [0.15, 0.2) is 0 Å². The molecule has 3 heteroatoms.